The minimum absolute atomic E-state index is 0.00279. The first-order valence-corrected chi connectivity index (χ1v) is 7.35. The summed E-state index contributed by atoms with van der Waals surface area (Å²) in [5, 5.41) is 9.43. The number of aromatic nitrogens is 1. The molecule has 0 aliphatic heterocycles. The molecule has 0 spiro atoms. The number of carbonyl (C=O) groups is 2. The second kappa shape index (κ2) is 5.67. The number of carboxylic acids is 1. The van der Waals surface area contributed by atoms with Crippen molar-refractivity contribution in [3.05, 3.63) is 11.3 Å². The highest BCUT2D eigenvalue weighted by Crippen LogP contribution is 2.38. The maximum atomic E-state index is 13.1. The number of carbonyl (C=O) groups excluding carboxylic acids is 1. The zero-order valence-electron chi connectivity index (χ0n) is 11.7. The summed E-state index contributed by atoms with van der Waals surface area (Å²) >= 11 is 0.931. The zero-order valence-corrected chi connectivity index (χ0v) is 12.5. The number of amides is 1. The Morgan fingerprint density at radius 2 is 1.95 bits per heavy atom. The SMILES string of the molecule is Cc1nsc(N(C)C(=O)C2CCC(F)(F)CC2)c1C(=O)O. The van der Waals surface area contributed by atoms with Crippen molar-refractivity contribution in [1.82, 2.24) is 4.37 Å². The lowest BCUT2D eigenvalue weighted by molar-refractivity contribution is -0.126. The summed E-state index contributed by atoms with van der Waals surface area (Å²) in [7, 11) is 1.47. The Morgan fingerprint density at radius 3 is 2.48 bits per heavy atom. The van der Waals surface area contributed by atoms with Crippen molar-refractivity contribution in [3.8, 4) is 0 Å². The quantitative estimate of drug-likeness (QED) is 0.930. The van der Waals surface area contributed by atoms with Gasteiger partial charge in [0.2, 0.25) is 11.8 Å². The maximum Gasteiger partial charge on any atom is 0.340 e. The predicted octanol–water partition coefficient (Wildman–Crippen LogP) is 2.94. The molecule has 8 heteroatoms. The molecule has 1 amide bonds. The number of alkyl halides is 2. The molecule has 0 radical (unpaired) electrons. The molecule has 1 fully saturated rings. The van der Waals surface area contributed by atoms with Gasteiger partial charge in [0.1, 0.15) is 10.6 Å². The summed E-state index contributed by atoms with van der Waals surface area (Å²) < 4.78 is 30.2. The average Bonchev–Trinajstić information content (AvgIpc) is 2.79. The van der Waals surface area contributed by atoms with E-state index in [0.717, 1.165) is 11.5 Å². The highest BCUT2D eigenvalue weighted by atomic mass is 32.1. The predicted molar refractivity (Wildman–Crippen MR) is 74.1 cm³/mol. The lowest BCUT2D eigenvalue weighted by Crippen LogP contribution is -2.37. The monoisotopic (exact) mass is 318 g/mol. The zero-order chi connectivity index (χ0) is 15.8. The van der Waals surface area contributed by atoms with E-state index >= 15 is 0 Å². The Balaban J connectivity index is 2.15. The first-order chi connectivity index (χ1) is 9.73. The van der Waals surface area contributed by atoms with Crippen molar-refractivity contribution >= 4 is 28.4 Å². The van der Waals surface area contributed by atoms with Gasteiger partial charge in [0.15, 0.2) is 0 Å². The fourth-order valence-corrected chi connectivity index (χ4v) is 3.35. The molecule has 1 aliphatic rings. The van der Waals surface area contributed by atoms with Gasteiger partial charge in [-0.3, -0.25) is 4.79 Å². The molecule has 1 aliphatic carbocycles. The molecule has 1 saturated carbocycles. The topological polar surface area (TPSA) is 70.5 Å². The molecule has 0 atom stereocenters. The van der Waals surface area contributed by atoms with Crippen LogP contribution in [0.15, 0.2) is 0 Å². The van der Waals surface area contributed by atoms with Gasteiger partial charge in [-0.25, -0.2) is 13.6 Å². The van der Waals surface area contributed by atoms with Crippen molar-refractivity contribution in [1.29, 1.82) is 0 Å². The Kier molecular flexibility index (Phi) is 4.27. The van der Waals surface area contributed by atoms with E-state index in [1.54, 1.807) is 6.92 Å². The Bertz CT molecular complexity index is 564. The van der Waals surface area contributed by atoms with Gasteiger partial charge in [-0.05, 0) is 31.3 Å². The van der Waals surface area contributed by atoms with Crippen molar-refractivity contribution in [2.75, 3.05) is 11.9 Å². The third-order valence-corrected chi connectivity index (χ3v) is 4.78. The highest BCUT2D eigenvalue weighted by molar-refractivity contribution is 7.11. The van der Waals surface area contributed by atoms with E-state index in [0.29, 0.717) is 5.69 Å². The van der Waals surface area contributed by atoms with Crippen LogP contribution in [0.2, 0.25) is 0 Å². The number of halogens is 2. The average molecular weight is 318 g/mol. The standard InChI is InChI=1S/C13H16F2N2O3S/c1-7-9(12(19)20)11(21-16-7)17(2)10(18)8-3-5-13(14,15)6-4-8/h8H,3-6H2,1-2H3,(H,19,20). The van der Waals surface area contributed by atoms with Crippen LogP contribution in [0.5, 0.6) is 0 Å². The fraction of sp³-hybridized carbons (Fsp3) is 0.615. The molecule has 2 rings (SSSR count). The molecule has 1 aromatic rings. The van der Waals surface area contributed by atoms with E-state index in [2.05, 4.69) is 4.37 Å². The van der Waals surface area contributed by atoms with E-state index in [1.165, 1.54) is 11.9 Å². The van der Waals surface area contributed by atoms with Gasteiger partial charge in [0.05, 0.1) is 5.69 Å². The number of nitrogens with zero attached hydrogens (tertiary/aromatic N) is 2. The summed E-state index contributed by atoms with van der Waals surface area (Å²) in [6, 6.07) is 0. The first kappa shape index (κ1) is 15.8. The molecule has 0 saturated heterocycles. The highest BCUT2D eigenvalue weighted by Gasteiger charge is 2.39. The van der Waals surface area contributed by atoms with E-state index in [4.69, 9.17) is 0 Å². The van der Waals surface area contributed by atoms with Crippen molar-refractivity contribution in [3.63, 3.8) is 0 Å². The van der Waals surface area contributed by atoms with Gasteiger partial charge in [-0.1, -0.05) is 0 Å². The van der Waals surface area contributed by atoms with Crippen LogP contribution in [0.3, 0.4) is 0 Å². The van der Waals surface area contributed by atoms with Crippen LogP contribution < -0.4 is 4.90 Å². The number of aryl methyl sites for hydroxylation is 1. The van der Waals surface area contributed by atoms with E-state index in [1.807, 2.05) is 0 Å². The van der Waals surface area contributed by atoms with Crippen LogP contribution in [-0.2, 0) is 4.79 Å². The van der Waals surface area contributed by atoms with Crippen LogP contribution in [0, 0.1) is 12.8 Å². The third kappa shape index (κ3) is 3.20. The van der Waals surface area contributed by atoms with Crippen molar-refractivity contribution < 1.29 is 23.5 Å². The number of anilines is 1. The molecule has 1 heterocycles. The van der Waals surface area contributed by atoms with Gasteiger partial charge in [0.25, 0.3) is 0 Å². The molecule has 0 bridgehead atoms. The minimum atomic E-state index is -2.69. The molecule has 116 valence electrons. The van der Waals surface area contributed by atoms with Gasteiger partial charge in [-0.15, -0.1) is 0 Å². The van der Waals surface area contributed by atoms with Crippen LogP contribution in [0.1, 0.15) is 41.7 Å². The van der Waals surface area contributed by atoms with E-state index < -0.39 is 17.8 Å². The summed E-state index contributed by atoms with van der Waals surface area (Å²) in [5.74, 6) is -4.65. The smallest absolute Gasteiger partial charge is 0.340 e. The van der Waals surface area contributed by atoms with Gasteiger partial charge < -0.3 is 10.0 Å². The van der Waals surface area contributed by atoms with Crippen LogP contribution in [-0.4, -0.2) is 34.3 Å². The number of hydrogen-bond donors (Lipinski definition) is 1. The number of rotatable bonds is 3. The normalized spacial score (nSPS) is 18.5. The summed E-state index contributed by atoms with van der Waals surface area (Å²) in [6.07, 6.45) is -0.359. The lowest BCUT2D eigenvalue weighted by Gasteiger charge is -2.29. The lowest BCUT2D eigenvalue weighted by atomic mass is 9.86. The van der Waals surface area contributed by atoms with Crippen LogP contribution in [0.25, 0.3) is 0 Å². The first-order valence-electron chi connectivity index (χ1n) is 6.58. The summed E-state index contributed by atoms with van der Waals surface area (Å²) in [4.78, 5) is 24.8. The molecule has 1 aromatic heterocycles. The fourth-order valence-electron chi connectivity index (χ4n) is 2.49. The molecule has 21 heavy (non-hydrogen) atoms. The molecule has 1 N–H and O–H groups in total. The van der Waals surface area contributed by atoms with E-state index in [-0.39, 0.29) is 42.2 Å². The van der Waals surface area contributed by atoms with Crippen molar-refractivity contribution in [2.24, 2.45) is 5.92 Å². The van der Waals surface area contributed by atoms with Gasteiger partial charge in [-0.2, -0.15) is 4.37 Å². The maximum absolute atomic E-state index is 13.1. The van der Waals surface area contributed by atoms with Gasteiger partial charge >= 0.3 is 5.97 Å². The summed E-state index contributed by atoms with van der Waals surface area (Å²) in [5.41, 5.74) is 0.342. The van der Waals surface area contributed by atoms with E-state index in [9.17, 15) is 23.5 Å². The number of aromatic carboxylic acids is 1. The molecular formula is C13H16F2N2O3S. The second-order valence-corrected chi connectivity index (χ2v) is 6.03. The molecule has 5 nitrogen and oxygen atoms in total. The van der Waals surface area contributed by atoms with Crippen LogP contribution in [0.4, 0.5) is 13.8 Å². The van der Waals surface area contributed by atoms with Crippen molar-refractivity contribution in [2.45, 2.75) is 38.5 Å². The molecular weight excluding hydrogens is 302 g/mol. The number of hydrogen-bond acceptors (Lipinski definition) is 4. The van der Waals surface area contributed by atoms with Crippen LogP contribution >= 0.6 is 11.5 Å². The summed E-state index contributed by atoms with van der Waals surface area (Å²) in [6.45, 7) is 1.56. The number of carboxylic acid groups (broad SMARTS) is 1. The Morgan fingerprint density at radius 1 is 1.38 bits per heavy atom. The molecule has 0 aromatic carbocycles. The third-order valence-electron chi connectivity index (χ3n) is 3.76. The second-order valence-electron chi connectivity index (χ2n) is 5.28. The largest absolute Gasteiger partial charge is 0.478 e. The Hall–Kier alpha value is -1.57. The minimum Gasteiger partial charge on any atom is -0.478 e. The molecule has 0 unspecified atom stereocenters. The van der Waals surface area contributed by atoms with Gasteiger partial charge in [0, 0.05) is 25.8 Å². The Labute approximate surface area is 124 Å².